The van der Waals surface area contributed by atoms with Crippen LogP contribution in [0, 0.1) is 18.8 Å². The minimum atomic E-state index is 0.616. The van der Waals surface area contributed by atoms with E-state index in [1.54, 1.807) is 11.3 Å². The Balaban J connectivity index is 1.95. The molecule has 0 bridgehead atoms. The number of rotatable bonds is 2. The molecule has 108 valence electrons. The van der Waals surface area contributed by atoms with Gasteiger partial charge in [-0.2, -0.15) is 4.37 Å². The third-order valence-electron chi connectivity index (χ3n) is 4.15. The lowest BCUT2D eigenvalue weighted by atomic mass is 9.89. The van der Waals surface area contributed by atoms with Gasteiger partial charge in [-0.3, -0.25) is 0 Å². The first-order valence-electron chi connectivity index (χ1n) is 6.99. The van der Waals surface area contributed by atoms with Crippen molar-refractivity contribution in [2.45, 2.75) is 27.2 Å². The van der Waals surface area contributed by atoms with Gasteiger partial charge in [-0.15, -0.1) is 11.3 Å². The van der Waals surface area contributed by atoms with Crippen LogP contribution in [0.1, 0.15) is 26.0 Å². The first-order valence-corrected chi connectivity index (χ1v) is 8.64. The zero-order valence-corrected chi connectivity index (χ0v) is 13.7. The number of nitrogens with two attached hydrogens (primary N) is 1. The van der Waals surface area contributed by atoms with Crippen molar-refractivity contribution in [3.05, 3.63) is 11.1 Å². The van der Waals surface area contributed by atoms with Crippen molar-refractivity contribution in [2.24, 2.45) is 11.8 Å². The Kier molecular flexibility index (Phi) is 3.69. The summed E-state index contributed by atoms with van der Waals surface area (Å²) in [4.78, 5) is 7.02. The van der Waals surface area contributed by atoms with Gasteiger partial charge in [0.2, 0.25) is 0 Å². The lowest BCUT2D eigenvalue weighted by molar-refractivity contribution is 0.325. The lowest BCUT2D eigenvalue weighted by Crippen LogP contribution is -2.38. The van der Waals surface area contributed by atoms with Crippen LogP contribution in [0.4, 0.5) is 10.8 Å². The quantitative estimate of drug-likeness (QED) is 0.920. The Morgan fingerprint density at radius 2 is 2.15 bits per heavy atom. The Morgan fingerprint density at radius 3 is 2.80 bits per heavy atom. The van der Waals surface area contributed by atoms with Crippen LogP contribution < -0.4 is 10.6 Å². The predicted molar refractivity (Wildman–Crippen MR) is 87.5 cm³/mol. The van der Waals surface area contributed by atoms with Gasteiger partial charge in [0.25, 0.3) is 0 Å². The predicted octanol–water partition coefficient (Wildman–Crippen LogP) is 3.64. The topological polar surface area (TPSA) is 55.0 Å². The molecular weight excluding hydrogens is 288 g/mol. The second kappa shape index (κ2) is 5.33. The average molecular weight is 308 g/mol. The van der Waals surface area contributed by atoms with Crippen LogP contribution in [-0.4, -0.2) is 22.4 Å². The molecule has 0 radical (unpaired) electrons. The largest absolute Gasteiger partial charge is 0.382 e. The molecule has 1 saturated heterocycles. The maximum atomic E-state index is 6.09. The number of hydrogen-bond acceptors (Lipinski definition) is 6. The van der Waals surface area contributed by atoms with Gasteiger partial charge >= 0.3 is 0 Å². The summed E-state index contributed by atoms with van der Waals surface area (Å²) in [5.41, 5.74) is 8.17. The summed E-state index contributed by atoms with van der Waals surface area (Å²) in [6.07, 6.45) is 1.23. The third kappa shape index (κ3) is 2.42. The van der Waals surface area contributed by atoms with E-state index in [-0.39, 0.29) is 0 Å². The molecule has 2 atom stereocenters. The van der Waals surface area contributed by atoms with Crippen LogP contribution in [0.25, 0.3) is 10.6 Å². The van der Waals surface area contributed by atoms with Crippen LogP contribution in [0.2, 0.25) is 0 Å². The molecule has 3 heterocycles. The van der Waals surface area contributed by atoms with E-state index in [4.69, 9.17) is 5.73 Å². The van der Waals surface area contributed by atoms with Crippen molar-refractivity contribution in [3.8, 4) is 10.6 Å². The SMILES string of the molecule is Cc1csc(-c2c(N)nsc2N2CCC(C)C(C)C2)n1. The molecule has 1 aliphatic rings. The second-order valence-electron chi connectivity index (χ2n) is 5.73. The summed E-state index contributed by atoms with van der Waals surface area (Å²) in [7, 11) is 0. The van der Waals surface area contributed by atoms with Crippen molar-refractivity contribution in [2.75, 3.05) is 23.7 Å². The van der Waals surface area contributed by atoms with Crippen LogP contribution in [0.5, 0.6) is 0 Å². The normalized spacial score (nSPS) is 23.2. The monoisotopic (exact) mass is 308 g/mol. The molecule has 3 rings (SSSR count). The highest BCUT2D eigenvalue weighted by Crippen LogP contribution is 2.42. The maximum Gasteiger partial charge on any atom is 0.149 e. The highest BCUT2D eigenvalue weighted by atomic mass is 32.1. The summed E-state index contributed by atoms with van der Waals surface area (Å²) >= 11 is 3.16. The zero-order valence-electron chi connectivity index (χ0n) is 12.1. The molecule has 1 aliphatic heterocycles. The molecule has 0 saturated carbocycles. The van der Waals surface area contributed by atoms with E-state index in [0.29, 0.717) is 11.7 Å². The van der Waals surface area contributed by atoms with Crippen molar-refractivity contribution >= 4 is 33.7 Å². The van der Waals surface area contributed by atoms with Crippen LogP contribution in [0.15, 0.2) is 5.38 Å². The number of aryl methyl sites for hydroxylation is 1. The first-order chi connectivity index (χ1) is 9.56. The minimum Gasteiger partial charge on any atom is -0.382 e. The molecular formula is C14H20N4S2. The number of nitrogens with zero attached hydrogens (tertiary/aromatic N) is 3. The third-order valence-corrected chi connectivity index (χ3v) is 6.06. The van der Waals surface area contributed by atoms with Crippen molar-refractivity contribution < 1.29 is 0 Å². The summed E-state index contributed by atoms with van der Waals surface area (Å²) in [6.45, 7) is 8.85. The van der Waals surface area contributed by atoms with Crippen LogP contribution >= 0.6 is 22.9 Å². The average Bonchev–Trinajstić information content (AvgIpc) is 2.99. The minimum absolute atomic E-state index is 0.616. The van der Waals surface area contributed by atoms with E-state index in [9.17, 15) is 0 Å². The Labute approximate surface area is 127 Å². The molecule has 2 unspecified atom stereocenters. The van der Waals surface area contributed by atoms with E-state index in [0.717, 1.165) is 35.3 Å². The number of thiazole rings is 1. The molecule has 0 aliphatic carbocycles. The van der Waals surface area contributed by atoms with Gasteiger partial charge in [-0.25, -0.2) is 4.98 Å². The zero-order chi connectivity index (χ0) is 14.3. The lowest BCUT2D eigenvalue weighted by Gasteiger charge is -2.36. The molecule has 6 heteroatoms. The molecule has 0 amide bonds. The number of aromatic nitrogens is 2. The Morgan fingerprint density at radius 1 is 1.35 bits per heavy atom. The number of nitrogen functional groups attached to an aromatic ring is 1. The van der Waals surface area contributed by atoms with Gasteiger partial charge in [0.05, 0.1) is 5.56 Å². The second-order valence-corrected chi connectivity index (χ2v) is 7.34. The molecule has 20 heavy (non-hydrogen) atoms. The highest BCUT2D eigenvalue weighted by Gasteiger charge is 2.27. The van der Waals surface area contributed by atoms with Crippen molar-refractivity contribution in [3.63, 3.8) is 0 Å². The van der Waals surface area contributed by atoms with E-state index < -0.39 is 0 Å². The molecule has 0 spiro atoms. The maximum absolute atomic E-state index is 6.09. The summed E-state index contributed by atoms with van der Waals surface area (Å²) in [6, 6.07) is 0. The summed E-state index contributed by atoms with van der Waals surface area (Å²) < 4.78 is 4.37. The van der Waals surface area contributed by atoms with Gasteiger partial charge < -0.3 is 10.6 Å². The van der Waals surface area contributed by atoms with Gasteiger partial charge in [0.15, 0.2) is 0 Å². The van der Waals surface area contributed by atoms with Gasteiger partial charge in [-0.05, 0) is 36.7 Å². The van der Waals surface area contributed by atoms with E-state index in [1.807, 2.05) is 6.92 Å². The molecule has 2 aromatic heterocycles. The molecule has 4 nitrogen and oxygen atoms in total. The molecule has 2 N–H and O–H groups in total. The molecule has 2 aromatic rings. The van der Waals surface area contributed by atoms with E-state index >= 15 is 0 Å². The molecule has 0 aromatic carbocycles. The van der Waals surface area contributed by atoms with Gasteiger partial charge in [0.1, 0.15) is 15.8 Å². The smallest absolute Gasteiger partial charge is 0.149 e. The fraction of sp³-hybridized carbons (Fsp3) is 0.571. The van der Waals surface area contributed by atoms with E-state index in [2.05, 4.69) is 33.5 Å². The van der Waals surface area contributed by atoms with Crippen LogP contribution in [-0.2, 0) is 0 Å². The van der Waals surface area contributed by atoms with Crippen molar-refractivity contribution in [1.82, 2.24) is 9.36 Å². The van der Waals surface area contributed by atoms with E-state index in [1.165, 1.54) is 23.0 Å². The number of piperidine rings is 1. The fourth-order valence-corrected chi connectivity index (χ4v) is 4.39. The fourth-order valence-electron chi connectivity index (χ4n) is 2.63. The highest BCUT2D eigenvalue weighted by molar-refractivity contribution is 7.15. The Hall–Kier alpha value is -1.14. The van der Waals surface area contributed by atoms with Crippen molar-refractivity contribution in [1.29, 1.82) is 0 Å². The number of hydrogen-bond donors (Lipinski definition) is 1. The van der Waals surface area contributed by atoms with Crippen LogP contribution in [0.3, 0.4) is 0 Å². The Bertz CT molecular complexity index is 604. The standard InChI is InChI=1S/C14H20N4S2/c1-8-4-5-18(6-9(8)2)14-11(12(15)17-20-14)13-16-10(3)7-19-13/h7-9H,4-6H2,1-3H3,(H2,15,17). The van der Waals surface area contributed by atoms with Gasteiger partial charge in [0, 0.05) is 24.2 Å². The number of anilines is 2. The summed E-state index contributed by atoms with van der Waals surface area (Å²) in [5.74, 6) is 2.12. The first kappa shape index (κ1) is 13.8. The summed E-state index contributed by atoms with van der Waals surface area (Å²) in [5, 5.41) is 4.25. The molecule has 1 fully saturated rings. The van der Waals surface area contributed by atoms with Gasteiger partial charge in [-0.1, -0.05) is 13.8 Å².